The second-order valence-electron chi connectivity index (χ2n) is 4.18. The maximum atomic E-state index is 11.2. The number of rotatable bonds is 5. The van der Waals surface area contributed by atoms with Crippen LogP contribution in [0, 0.1) is 6.92 Å². The fraction of sp³-hybridized carbons (Fsp3) is 0.231. The quantitative estimate of drug-likeness (QED) is 0.498. The molecule has 0 saturated heterocycles. The molecule has 9 heteroatoms. The smallest absolute Gasteiger partial charge is 0.326 e. The first-order valence-corrected chi connectivity index (χ1v) is 7.91. The van der Waals surface area contributed by atoms with Gasteiger partial charge in [-0.05, 0) is 6.92 Å². The van der Waals surface area contributed by atoms with Gasteiger partial charge in [0.25, 0.3) is 0 Å². The molecule has 0 unspecified atom stereocenters. The van der Waals surface area contributed by atoms with Gasteiger partial charge in [0.15, 0.2) is 5.16 Å². The molecular formula is C13H12Cl2N4O2S. The van der Waals surface area contributed by atoms with Gasteiger partial charge in [0, 0.05) is 35.5 Å². The van der Waals surface area contributed by atoms with Crippen LogP contribution in [-0.2, 0) is 10.5 Å². The van der Waals surface area contributed by atoms with Crippen molar-refractivity contribution < 1.29 is 9.53 Å². The molecule has 2 aromatic heterocycles. The molecule has 0 amide bonds. The number of ether oxygens (including phenoxy) is 1. The van der Waals surface area contributed by atoms with Gasteiger partial charge in [-0.3, -0.25) is 9.78 Å². The van der Waals surface area contributed by atoms with E-state index in [1.165, 1.54) is 24.2 Å². The summed E-state index contributed by atoms with van der Waals surface area (Å²) in [5.74, 6) is 0.0696. The number of halogens is 2. The Hall–Kier alpha value is -1.41. The Morgan fingerprint density at radius 1 is 1.32 bits per heavy atom. The molecule has 2 aromatic rings. The predicted molar refractivity (Wildman–Crippen MR) is 85.3 cm³/mol. The van der Waals surface area contributed by atoms with E-state index in [-0.39, 0.29) is 12.4 Å². The van der Waals surface area contributed by atoms with Gasteiger partial charge < -0.3 is 10.5 Å². The molecule has 0 radical (unpaired) electrons. The van der Waals surface area contributed by atoms with Crippen molar-refractivity contribution in [2.45, 2.75) is 17.8 Å². The fourth-order valence-electron chi connectivity index (χ4n) is 1.50. The summed E-state index contributed by atoms with van der Waals surface area (Å²) in [5.41, 5.74) is 6.62. The van der Waals surface area contributed by atoms with Crippen molar-refractivity contribution in [2.24, 2.45) is 5.73 Å². The maximum absolute atomic E-state index is 11.2. The van der Waals surface area contributed by atoms with Crippen LogP contribution in [0.1, 0.15) is 11.3 Å². The van der Waals surface area contributed by atoms with Gasteiger partial charge >= 0.3 is 5.97 Å². The number of esters is 1. The number of aryl methyl sites for hydroxylation is 1. The first-order chi connectivity index (χ1) is 10.5. The van der Waals surface area contributed by atoms with Crippen molar-refractivity contribution in [3.8, 4) is 5.88 Å². The summed E-state index contributed by atoms with van der Waals surface area (Å²) in [6, 6.07) is 1.56. The highest BCUT2D eigenvalue weighted by Gasteiger charge is 2.11. The maximum Gasteiger partial charge on any atom is 0.326 e. The minimum Gasteiger partial charge on any atom is -0.406 e. The van der Waals surface area contributed by atoms with Gasteiger partial charge in [-0.1, -0.05) is 35.0 Å². The fourth-order valence-corrected chi connectivity index (χ4v) is 3.11. The van der Waals surface area contributed by atoms with Crippen molar-refractivity contribution in [2.75, 3.05) is 6.54 Å². The lowest BCUT2D eigenvalue weighted by atomic mass is 10.3. The van der Waals surface area contributed by atoms with E-state index in [0.29, 0.717) is 26.6 Å². The highest BCUT2D eigenvalue weighted by atomic mass is 35.5. The minimum atomic E-state index is -0.561. The average Bonchev–Trinajstić information content (AvgIpc) is 2.46. The van der Waals surface area contributed by atoms with E-state index in [2.05, 4.69) is 15.0 Å². The van der Waals surface area contributed by atoms with Crippen molar-refractivity contribution in [3.63, 3.8) is 0 Å². The Kier molecular flexibility index (Phi) is 5.96. The molecule has 0 aliphatic carbocycles. The minimum absolute atomic E-state index is 0.164. The number of thioether (sulfide) groups is 1. The van der Waals surface area contributed by atoms with Gasteiger partial charge in [-0.25, -0.2) is 4.98 Å². The van der Waals surface area contributed by atoms with E-state index in [9.17, 15) is 4.79 Å². The van der Waals surface area contributed by atoms with Gasteiger partial charge in [0.2, 0.25) is 5.88 Å². The van der Waals surface area contributed by atoms with Crippen LogP contribution in [0.25, 0.3) is 0 Å². The van der Waals surface area contributed by atoms with Crippen LogP contribution in [0.2, 0.25) is 10.0 Å². The number of aromatic nitrogens is 3. The Balaban J connectivity index is 2.14. The van der Waals surface area contributed by atoms with Crippen LogP contribution in [0.4, 0.5) is 0 Å². The standard InChI is InChI=1S/C13H12Cl2N4O2S/c1-7-2-11(21-12(20)3-16)19-13(18-7)22-6-8-9(14)4-17-5-10(8)15/h2,4-5H,3,6,16H2,1H3. The molecule has 0 atom stereocenters. The van der Waals surface area contributed by atoms with Crippen molar-refractivity contribution >= 4 is 40.9 Å². The lowest BCUT2D eigenvalue weighted by molar-refractivity contribution is -0.133. The second kappa shape index (κ2) is 7.73. The molecule has 2 N–H and O–H groups in total. The molecule has 0 saturated carbocycles. The summed E-state index contributed by atoms with van der Waals surface area (Å²) < 4.78 is 4.99. The molecule has 6 nitrogen and oxygen atoms in total. The number of pyridine rings is 1. The topological polar surface area (TPSA) is 91.0 Å². The molecule has 2 rings (SSSR count). The Labute approximate surface area is 141 Å². The van der Waals surface area contributed by atoms with Gasteiger partial charge in [-0.2, -0.15) is 4.98 Å². The van der Waals surface area contributed by atoms with Crippen molar-refractivity contribution in [1.82, 2.24) is 15.0 Å². The average molecular weight is 359 g/mol. The number of hydrogen-bond acceptors (Lipinski definition) is 7. The molecule has 22 heavy (non-hydrogen) atoms. The van der Waals surface area contributed by atoms with Crippen molar-refractivity contribution in [1.29, 1.82) is 0 Å². The summed E-state index contributed by atoms with van der Waals surface area (Å²) in [7, 11) is 0. The third kappa shape index (κ3) is 4.54. The molecule has 0 fully saturated rings. The summed E-state index contributed by atoms with van der Waals surface area (Å²) in [6.45, 7) is 1.56. The van der Waals surface area contributed by atoms with Crippen LogP contribution in [-0.4, -0.2) is 27.5 Å². The summed E-state index contributed by atoms with van der Waals surface area (Å²) in [6.07, 6.45) is 3.05. The highest BCUT2D eigenvalue weighted by Crippen LogP contribution is 2.30. The largest absolute Gasteiger partial charge is 0.406 e. The zero-order chi connectivity index (χ0) is 16.1. The van der Waals surface area contributed by atoms with E-state index in [1.54, 1.807) is 13.0 Å². The lowest BCUT2D eigenvalue weighted by Crippen LogP contribution is -2.20. The Bertz CT molecular complexity index is 679. The van der Waals surface area contributed by atoms with E-state index in [4.69, 9.17) is 33.7 Å². The van der Waals surface area contributed by atoms with Gasteiger partial charge in [0.1, 0.15) is 0 Å². The van der Waals surface area contributed by atoms with Crippen LogP contribution >= 0.6 is 35.0 Å². The molecular weight excluding hydrogens is 347 g/mol. The van der Waals surface area contributed by atoms with E-state index < -0.39 is 5.97 Å². The number of nitrogens with two attached hydrogens (primary N) is 1. The molecule has 0 aliphatic rings. The Morgan fingerprint density at radius 2 is 2.00 bits per heavy atom. The second-order valence-corrected chi connectivity index (χ2v) is 5.94. The van der Waals surface area contributed by atoms with E-state index >= 15 is 0 Å². The SMILES string of the molecule is Cc1cc(OC(=O)CN)nc(SCc2c(Cl)cncc2Cl)n1. The number of carbonyl (C=O) groups excluding carboxylic acids is 1. The summed E-state index contributed by atoms with van der Waals surface area (Å²) >= 11 is 13.4. The number of nitrogens with zero attached hydrogens (tertiary/aromatic N) is 3. The summed E-state index contributed by atoms with van der Waals surface area (Å²) in [5, 5.41) is 1.40. The normalized spacial score (nSPS) is 10.5. The number of carbonyl (C=O) groups is 1. The van der Waals surface area contributed by atoms with Gasteiger partial charge in [-0.15, -0.1) is 0 Å². The van der Waals surface area contributed by atoms with E-state index in [1.807, 2.05) is 0 Å². The number of hydrogen-bond donors (Lipinski definition) is 1. The van der Waals surface area contributed by atoms with Gasteiger partial charge in [0.05, 0.1) is 16.6 Å². The lowest BCUT2D eigenvalue weighted by Gasteiger charge is -2.07. The summed E-state index contributed by atoms with van der Waals surface area (Å²) in [4.78, 5) is 23.5. The Morgan fingerprint density at radius 3 is 2.64 bits per heavy atom. The highest BCUT2D eigenvalue weighted by molar-refractivity contribution is 7.98. The van der Waals surface area contributed by atoms with Crippen LogP contribution in [0.5, 0.6) is 5.88 Å². The zero-order valence-electron chi connectivity index (χ0n) is 11.5. The first-order valence-electron chi connectivity index (χ1n) is 6.16. The molecule has 0 spiro atoms. The first kappa shape index (κ1) is 17.0. The monoisotopic (exact) mass is 358 g/mol. The molecule has 0 aliphatic heterocycles. The molecule has 2 heterocycles. The third-order valence-electron chi connectivity index (χ3n) is 2.49. The third-order valence-corrected chi connectivity index (χ3v) is 4.02. The van der Waals surface area contributed by atoms with Crippen LogP contribution in [0.3, 0.4) is 0 Å². The molecule has 116 valence electrons. The molecule has 0 bridgehead atoms. The van der Waals surface area contributed by atoms with Crippen LogP contribution < -0.4 is 10.5 Å². The van der Waals surface area contributed by atoms with E-state index in [0.717, 1.165) is 5.56 Å². The molecule has 0 aromatic carbocycles. The van der Waals surface area contributed by atoms with Crippen molar-refractivity contribution in [3.05, 3.63) is 39.8 Å². The van der Waals surface area contributed by atoms with Crippen LogP contribution in [0.15, 0.2) is 23.6 Å². The zero-order valence-corrected chi connectivity index (χ0v) is 13.9. The predicted octanol–water partition coefficient (Wildman–Crippen LogP) is 2.64.